The van der Waals surface area contributed by atoms with Gasteiger partial charge in [0.2, 0.25) is 0 Å². The summed E-state index contributed by atoms with van der Waals surface area (Å²) in [7, 11) is 2.10. The van der Waals surface area contributed by atoms with Gasteiger partial charge in [-0.05, 0) is 31.2 Å². The molecule has 110 valence electrons. The first-order valence-corrected chi connectivity index (χ1v) is 7.67. The van der Waals surface area contributed by atoms with E-state index in [4.69, 9.17) is 0 Å². The molecule has 1 aromatic rings. The van der Waals surface area contributed by atoms with E-state index in [1.54, 1.807) is 0 Å². The van der Waals surface area contributed by atoms with E-state index >= 15 is 0 Å². The summed E-state index contributed by atoms with van der Waals surface area (Å²) in [5.41, 5.74) is 2.24. The first kappa shape index (κ1) is 15.5. The van der Waals surface area contributed by atoms with Crippen molar-refractivity contribution < 1.29 is 9.90 Å². The van der Waals surface area contributed by atoms with Crippen LogP contribution in [0.5, 0.6) is 0 Å². The molecule has 1 atom stereocenters. The molecule has 1 saturated heterocycles. The van der Waals surface area contributed by atoms with Crippen LogP contribution in [0.4, 0.5) is 0 Å². The Bertz CT molecular complexity index is 485. The highest BCUT2D eigenvalue weighted by atomic mass is 79.9. The molecule has 1 aromatic carbocycles. The van der Waals surface area contributed by atoms with Gasteiger partial charge in [-0.15, -0.1) is 0 Å². The topological polar surface area (TPSA) is 43.8 Å². The molecule has 1 heterocycles. The predicted molar refractivity (Wildman–Crippen MR) is 82.9 cm³/mol. The minimum Gasteiger partial charge on any atom is -0.481 e. The number of carboxylic acids is 1. The quantitative estimate of drug-likeness (QED) is 0.914. The molecular formula is C15H21BrN2O2. The van der Waals surface area contributed by atoms with Crippen molar-refractivity contribution in [1.29, 1.82) is 0 Å². The van der Waals surface area contributed by atoms with E-state index in [1.807, 2.05) is 19.1 Å². The maximum absolute atomic E-state index is 11.2. The van der Waals surface area contributed by atoms with Gasteiger partial charge in [-0.3, -0.25) is 9.69 Å². The van der Waals surface area contributed by atoms with E-state index in [2.05, 4.69) is 38.8 Å². The Hall–Kier alpha value is -0.910. The monoisotopic (exact) mass is 340 g/mol. The Morgan fingerprint density at radius 2 is 2.00 bits per heavy atom. The molecule has 0 amide bonds. The number of halogens is 1. The molecule has 20 heavy (non-hydrogen) atoms. The number of carboxylic acid groups (broad SMARTS) is 1. The van der Waals surface area contributed by atoms with Gasteiger partial charge in [0, 0.05) is 36.7 Å². The Morgan fingerprint density at radius 3 is 2.55 bits per heavy atom. The number of aryl methyl sites for hydroxylation is 1. The largest absolute Gasteiger partial charge is 0.481 e. The van der Waals surface area contributed by atoms with Crippen LogP contribution < -0.4 is 0 Å². The normalized spacial score (nSPS) is 18.9. The SMILES string of the molecule is Cc1cc(C(CC(=O)O)N2CCN(C)CC2)ccc1Br. The Labute approximate surface area is 128 Å². The first-order valence-electron chi connectivity index (χ1n) is 6.88. The fourth-order valence-corrected chi connectivity index (χ4v) is 2.88. The second kappa shape index (κ2) is 6.70. The molecule has 0 bridgehead atoms. The molecule has 0 spiro atoms. The van der Waals surface area contributed by atoms with Crippen LogP contribution in [0.15, 0.2) is 22.7 Å². The lowest BCUT2D eigenvalue weighted by Crippen LogP contribution is -2.46. The molecular weight excluding hydrogens is 320 g/mol. The molecule has 0 radical (unpaired) electrons. The molecule has 0 aromatic heterocycles. The van der Waals surface area contributed by atoms with Crippen LogP contribution in [0.3, 0.4) is 0 Å². The van der Waals surface area contributed by atoms with Gasteiger partial charge >= 0.3 is 5.97 Å². The molecule has 1 aliphatic heterocycles. The summed E-state index contributed by atoms with van der Waals surface area (Å²) in [4.78, 5) is 15.8. The summed E-state index contributed by atoms with van der Waals surface area (Å²) in [5.74, 6) is -0.741. The molecule has 1 N–H and O–H groups in total. The fourth-order valence-electron chi connectivity index (χ4n) is 2.63. The summed E-state index contributed by atoms with van der Waals surface area (Å²) in [6, 6.07) is 6.10. The third kappa shape index (κ3) is 3.81. The third-order valence-corrected chi connectivity index (χ3v) is 4.80. The van der Waals surface area contributed by atoms with Crippen LogP contribution in [0.1, 0.15) is 23.6 Å². The maximum Gasteiger partial charge on any atom is 0.305 e. The molecule has 5 heteroatoms. The predicted octanol–water partition coefficient (Wildman–Crippen LogP) is 2.52. The van der Waals surface area contributed by atoms with Gasteiger partial charge in [0.05, 0.1) is 6.42 Å². The van der Waals surface area contributed by atoms with Crippen LogP contribution in [-0.2, 0) is 4.79 Å². The van der Waals surface area contributed by atoms with Crippen molar-refractivity contribution in [1.82, 2.24) is 9.80 Å². The first-order chi connectivity index (χ1) is 9.47. The van der Waals surface area contributed by atoms with Gasteiger partial charge in [0.1, 0.15) is 0 Å². The lowest BCUT2D eigenvalue weighted by Gasteiger charge is -2.37. The molecule has 4 nitrogen and oxygen atoms in total. The number of likely N-dealkylation sites (N-methyl/N-ethyl adjacent to an activating group) is 1. The highest BCUT2D eigenvalue weighted by Crippen LogP contribution is 2.28. The van der Waals surface area contributed by atoms with Gasteiger partial charge in [-0.2, -0.15) is 0 Å². The van der Waals surface area contributed by atoms with E-state index in [0.717, 1.165) is 41.8 Å². The Balaban J connectivity index is 2.22. The second-order valence-corrected chi connectivity index (χ2v) is 6.32. The average Bonchev–Trinajstić information content (AvgIpc) is 2.40. The van der Waals surface area contributed by atoms with E-state index in [-0.39, 0.29) is 12.5 Å². The zero-order chi connectivity index (χ0) is 14.7. The van der Waals surface area contributed by atoms with Gasteiger partial charge < -0.3 is 10.0 Å². The van der Waals surface area contributed by atoms with E-state index in [1.165, 1.54) is 0 Å². The van der Waals surface area contributed by atoms with Crippen LogP contribution in [0.25, 0.3) is 0 Å². The molecule has 1 fully saturated rings. The van der Waals surface area contributed by atoms with E-state index in [0.29, 0.717) is 0 Å². The molecule has 1 aliphatic rings. The Morgan fingerprint density at radius 1 is 1.35 bits per heavy atom. The number of carbonyl (C=O) groups is 1. The number of hydrogen-bond acceptors (Lipinski definition) is 3. The van der Waals surface area contributed by atoms with Crippen LogP contribution >= 0.6 is 15.9 Å². The van der Waals surface area contributed by atoms with Crippen molar-refractivity contribution >= 4 is 21.9 Å². The van der Waals surface area contributed by atoms with Crippen molar-refractivity contribution in [3.8, 4) is 0 Å². The zero-order valence-corrected chi connectivity index (χ0v) is 13.6. The summed E-state index contributed by atoms with van der Waals surface area (Å²) in [6.07, 6.45) is 0.158. The van der Waals surface area contributed by atoms with Gasteiger partial charge in [0.15, 0.2) is 0 Å². The van der Waals surface area contributed by atoms with Crippen molar-refractivity contribution in [2.45, 2.75) is 19.4 Å². The highest BCUT2D eigenvalue weighted by molar-refractivity contribution is 9.10. The number of benzene rings is 1. The van der Waals surface area contributed by atoms with Gasteiger partial charge in [0.25, 0.3) is 0 Å². The number of piperazine rings is 1. The third-order valence-electron chi connectivity index (χ3n) is 3.91. The van der Waals surface area contributed by atoms with Gasteiger partial charge in [-0.1, -0.05) is 28.1 Å². The van der Waals surface area contributed by atoms with Crippen LogP contribution in [-0.4, -0.2) is 54.1 Å². The van der Waals surface area contributed by atoms with Crippen LogP contribution in [0.2, 0.25) is 0 Å². The molecule has 2 rings (SSSR count). The number of hydrogen-bond donors (Lipinski definition) is 1. The number of rotatable bonds is 4. The van der Waals surface area contributed by atoms with Crippen molar-refractivity contribution in [3.05, 3.63) is 33.8 Å². The van der Waals surface area contributed by atoms with Crippen molar-refractivity contribution in [2.75, 3.05) is 33.2 Å². The smallest absolute Gasteiger partial charge is 0.305 e. The molecule has 0 saturated carbocycles. The number of nitrogens with zero attached hydrogens (tertiary/aromatic N) is 2. The lowest BCUT2D eigenvalue weighted by atomic mass is 9.99. The van der Waals surface area contributed by atoms with Crippen molar-refractivity contribution in [2.24, 2.45) is 0 Å². The van der Waals surface area contributed by atoms with Crippen molar-refractivity contribution in [3.63, 3.8) is 0 Å². The summed E-state index contributed by atoms with van der Waals surface area (Å²) >= 11 is 3.50. The van der Waals surface area contributed by atoms with E-state index < -0.39 is 5.97 Å². The standard InChI is InChI=1S/C15H21BrN2O2/c1-11-9-12(3-4-13(11)16)14(10-15(19)20)18-7-5-17(2)6-8-18/h3-4,9,14H,5-8,10H2,1-2H3,(H,19,20). The minimum absolute atomic E-state index is 0.0343. The summed E-state index contributed by atoms with van der Waals surface area (Å²) < 4.78 is 1.06. The number of aliphatic carboxylic acids is 1. The minimum atomic E-state index is -0.741. The highest BCUT2D eigenvalue weighted by Gasteiger charge is 2.26. The summed E-state index contributed by atoms with van der Waals surface area (Å²) in [5, 5.41) is 9.21. The lowest BCUT2D eigenvalue weighted by molar-refractivity contribution is -0.138. The second-order valence-electron chi connectivity index (χ2n) is 5.46. The average molecular weight is 341 g/mol. The Kier molecular flexibility index (Phi) is 5.18. The summed E-state index contributed by atoms with van der Waals surface area (Å²) in [6.45, 7) is 5.86. The van der Waals surface area contributed by atoms with Crippen LogP contribution in [0, 0.1) is 6.92 Å². The van der Waals surface area contributed by atoms with Gasteiger partial charge in [-0.25, -0.2) is 0 Å². The molecule has 0 aliphatic carbocycles. The maximum atomic E-state index is 11.2. The molecule has 1 unspecified atom stereocenters. The fraction of sp³-hybridized carbons (Fsp3) is 0.533. The zero-order valence-electron chi connectivity index (χ0n) is 12.0. The van der Waals surface area contributed by atoms with E-state index in [9.17, 15) is 9.90 Å².